The molecule has 1 aliphatic heterocycles. The lowest BCUT2D eigenvalue weighted by atomic mass is 9.98. The molecule has 4 rings (SSSR count). The lowest BCUT2D eigenvalue weighted by Crippen LogP contribution is -2.29. The number of thiocarbonyl (C=S) groups is 1. The van der Waals surface area contributed by atoms with Gasteiger partial charge in [-0.3, -0.25) is 9.78 Å². The van der Waals surface area contributed by atoms with Crippen molar-refractivity contribution < 1.29 is 4.79 Å². The Morgan fingerprint density at radius 1 is 1.13 bits per heavy atom. The highest BCUT2D eigenvalue weighted by Crippen LogP contribution is 2.42. The third-order valence-electron chi connectivity index (χ3n) is 5.40. The van der Waals surface area contributed by atoms with E-state index >= 15 is 0 Å². The molecule has 1 fully saturated rings. The van der Waals surface area contributed by atoms with Crippen LogP contribution in [0.25, 0.3) is 0 Å². The van der Waals surface area contributed by atoms with Gasteiger partial charge in [0, 0.05) is 42.4 Å². The molecule has 31 heavy (non-hydrogen) atoms. The Kier molecular flexibility index (Phi) is 5.54. The standard InChI is InChI=1S/C24H27N5OS/c1-16(30)26-18-8-10-19(11-9-18)29-22(17-12-14-28(15-17)24(2,3)4)21(27-23(29)31)20-7-5-6-13-25-20/h5-15,21-22H,1-4H3,(H,26,30)(H,27,31)/t21-,22-/m1/s1. The Morgan fingerprint density at radius 2 is 1.87 bits per heavy atom. The normalized spacial score (nSPS) is 18.7. The second-order valence-corrected chi connectivity index (χ2v) is 9.13. The summed E-state index contributed by atoms with van der Waals surface area (Å²) in [5.41, 5.74) is 3.79. The summed E-state index contributed by atoms with van der Waals surface area (Å²) in [5, 5.41) is 6.94. The van der Waals surface area contributed by atoms with Crippen molar-refractivity contribution in [2.75, 3.05) is 10.2 Å². The third-order valence-corrected chi connectivity index (χ3v) is 5.71. The Morgan fingerprint density at radius 3 is 2.45 bits per heavy atom. The maximum atomic E-state index is 11.4. The molecule has 0 aliphatic carbocycles. The summed E-state index contributed by atoms with van der Waals surface area (Å²) >= 11 is 5.77. The van der Waals surface area contributed by atoms with Gasteiger partial charge >= 0.3 is 0 Å². The fraction of sp³-hybridized carbons (Fsp3) is 0.292. The van der Waals surface area contributed by atoms with Gasteiger partial charge in [0.2, 0.25) is 5.91 Å². The van der Waals surface area contributed by atoms with E-state index in [1.54, 1.807) is 0 Å². The molecule has 1 saturated heterocycles. The van der Waals surface area contributed by atoms with Crippen LogP contribution in [-0.4, -0.2) is 20.6 Å². The van der Waals surface area contributed by atoms with Crippen LogP contribution in [0.4, 0.5) is 11.4 Å². The average molecular weight is 434 g/mol. The topological polar surface area (TPSA) is 62.2 Å². The van der Waals surface area contributed by atoms with E-state index < -0.39 is 0 Å². The smallest absolute Gasteiger partial charge is 0.221 e. The lowest BCUT2D eigenvalue weighted by Gasteiger charge is -2.28. The summed E-state index contributed by atoms with van der Waals surface area (Å²) in [7, 11) is 0. The molecule has 0 radical (unpaired) electrons. The quantitative estimate of drug-likeness (QED) is 0.580. The van der Waals surface area contributed by atoms with Gasteiger partial charge in [0.15, 0.2) is 5.11 Å². The first-order valence-electron chi connectivity index (χ1n) is 10.3. The molecule has 2 N–H and O–H groups in total. The molecule has 0 spiro atoms. The van der Waals surface area contributed by atoms with E-state index in [9.17, 15) is 4.79 Å². The van der Waals surface area contributed by atoms with Gasteiger partial charge in [0.05, 0.1) is 17.8 Å². The minimum Gasteiger partial charge on any atom is -0.351 e. The highest BCUT2D eigenvalue weighted by Gasteiger charge is 2.41. The molecular formula is C24H27N5OS. The molecule has 0 bridgehead atoms. The molecule has 0 unspecified atom stereocenters. The van der Waals surface area contributed by atoms with Crippen LogP contribution in [0.5, 0.6) is 0 Å². The number of hydrogen-bond donors (Lipinski definition) is 2. The molecule has 2 atom stereocenters. The van der Waals surface area contributed by atoms with Gasteiger partial charge in [-0.1, -0.05) is 6.07 Å². The van der Waals surface area contributed by atoms with E-state index in [4.69, 9.17) is 12.2 Å². The van der Waals surface area contributed by atoms with Gasteiger partial charge in [-0.15, -0.1) is 0 Å². The van der Waals surface area contributed by atoms with E-state index in [1.807, 2.05) is 48.7 Å². The van der Waals surface area contributed by atoms with Gasteiger partial charge in [-0.2, -0.15) is 0 Å². The van der Waals surface area contributed by atoms with E-state index in [1.165, 1.54) is 6.92 Å². The van der Waals surface area contributed by atoms with Crippen LogP contribution in [0.3, 0.4) is 0 Å². The summed E-state index contributed by atoms with van der Waals surface area (Å²) in [4.78, 5) is 18.1. The monoisotopic (exact) mass is 433 g/mol. The second-order valence-electron chi connectivity index (χ2n) is 8.75. The van der Waals surface area contributed by atoms with Crippen LogP contribution in [-0.2, 0) is 10.3 Å². The van der Waals surface area contributed by atoms with Gasteiger partial charge in [0.1, 0.15) is 0 Å². The molecule has 0 saturated carbocycles. The number of carbonyl (C=O) groups is 1. The maximum absolute atomic E-state index is 11.4. The minimum atomic E-state index is -0.0947. The SMILES string of the molecule is CC(=O)Nc1ccc(N2C(=S)N[C@H](c3ccccn3)[C@H]2c2ccn(C(C)(C)C)c2)cc1. The van der Waals surface area contributed by atoms with Crippen molar-refractivity contribution in [1.82, 2.24) is 14.9 Å². The van der Waals surface area contributed by atoms with Crippen LogP contribution in [0.2, 0.25) is 0 Å². The molecule has 160 valence electrons. The van der Waals surface area contributed by atoms with Crippen molar-refractivity contribution in [2.45, 2.75) is 45.3 Å². The second kappa shape index (κ2) is 8.15. The number of carbonyl (C=O) groups excluding carboxylic acids is 1. The number of hydrogen-bond acceptors (Lipinski definition) is 3. The number of rotatable bonds is 4. The minimum absolute atomic E-state index is 0.0177. The highest BCUT2D eigenvalue weighted by atomic mass is 32.1. The molecule has 3 aromatic rings. The number of anilines is 2. The third kappa shape index (κ3) is 4.32. The Labute approximate surface area is 188 Å². The number of benzene rings is 1. The lowest BCUT2D eigenvalue weighted by molar-refractivity contribution is -0.114. The number of nitrogens with zero attached hydrogens (tertiary/aromatic N) is 3. The zero-order valence-corrected chi connectivity index (χ0v) is 19.0. The molecule has 6 nitrogen and oxygen atoms in total. The molecule has 1 amide bonds. The van der Waals surface area contributed by atoms with Crippen molar-refractivity contribution >= 4 is 34.6 Å². The van der Waals surface area contributed by atoms with E-state index in [2.05, 4.69) is 64.3 Å². The molecular weight excluding hydrogens is 406 g/mol. The Hall–Kier alpha value is -3.19. The van der Waals surface area contributed by atoms with Crippen molar-refractivity contribution in [2.24, 2.45) is 0 Å². The number of aromatic nitrogens is 2. The van der Waals surface area contributed by atoms with Crippen LogP contribution in [0, 0.1) is 0 Å². The summed E-state index contributed by atoms with van der Waals surface area (Å²) in [6.07, 6.45) is 6.11. The summed E-state index contributed by atoms with van der Waals surface area (Å²) in [5.74, 6) is -0.0947. The van der Waals surface area contributed by atoms with Crippen molar-refractivity contribution in [3.8, 4) is 0 Å². The van der Waals surface area contributed by atoms with Crippen molar-refractivity contribution in [3.63, 3.8) is 0 Å². The molecule has 1 aliphatic rings. The van der Waals surface area contributed by atoms with Crippen molar-refractivity contribution in [3.05, 3.63) is 78.4 Å². The van der Waals surface area contributed by atoms with Crippen molar-refractivity contribution in [1.29, 1.82) is 0 Å². The summed E-state index contributed by atoms with van der Waals surface area (Å²) in [6.45, 7) is 8.05. The van der Waals surface area contributed by atoms with Crippen LogP contribution < -0.4 is 15.5 Å². The maximum Gasteiger partial charge on any atom is 0.221 e. The Balaban J connectivity index is 1.76. The Bertz CT molecular complexity index is 1090. The van der Waals surface area contributed by atoms with E-state index in [-0.39, 0.29) is 23.5 Å². The van der Waals surface area contributed by atoms with Gasteiger partial charge < -0.3 is 20.1 Å². The summed E-state index contributed by atoms with van der Waals surface area (Å²) < 4.78 is 2.22. The predicted molar refractivity (Wildman–Crippen MR) is 128 cm³/mol. The van der Waals surface area contributed by atoms with Crippen LogP contribution in [0.1, 0.15) is 51.0 Å². The van der Waals surface area contributed by atoms with E-state index in [0.717, 1.165) is 22.6 Å². The molecule has 3 heterocycles. The van der Waals surface area contributed by atoms with Gasteiger partial charge in [0.25, 0.3) is 0 Å². The molecule has 1 aromatic carbocycles. The highest BCUT2D eigenvalue weighted by molar-refractivity contribution is 7.80. The average Bonchev–Trinajstić information content (AvgIpc) is 3.33. The first-order chi connectivity index (χ1) is 14.7. The zero-order chi connectivity index (χ0) is 22.2. The van der Waals surface area contributed by atoms with Gasteiger partial charge in [-0.05, 0) is 81.0 Å². The fourth-order valence-electron chi connectivity index (χ4n) is 3.89. The fourth-order valence-corrected chi connectivity index (χ4v) is 4.23. The number of pyridine rings is 1. The number of amides is 1. The van der Waals surface area contributed by atoms with Crippen LogP contribution in [0.15, 0.2) is 67.1 Å². The molecule has 2 aromatic heterocycles. The van der Waals surface area contributed by atoms with Gasteiger partial charge in [-0.25, -0.2) is 0 Å². The summed E-state index contributed by atoms with van der Waals surface area (Å²) in [6, 6.07) is 15.7. The van der Waals surface area contributed by atoms with Crippen LogP contribution >= 0.6 is 12.2 Å². The predicted octanol–water partition coefficient (Wildman–Crippen LogP) is 4.77. The zero-order valence-electron chi connectivity index (χ0n) is 18.2. The molecule has 7 heteroatoms. The first kappa shape index (κ1) is 21.1. The largest absolute Gasteiger partial charge is 0.351 e. The first-order valence-corrected chi connectivity index (χ1v) is 10.7. The number of nitrogens with one attached hydrogen (secondary N) is 2. The van der Waals surface area contributed by atoms with E-state index in [0.29, 0.717) is 5.11 Å².